The molecule has 0 radical (unpaired) electrons. The van der Waals surface area contributed by atoms with Gasteiger partial charge in [0.15, 0.2) is 0 Å². The number of carbonyl (C=O) groups excluding carboxylic acids is 4. The lowest BCUT2D eigenvalue weighted by Crippen LogP contribution is -2.57. The molecule has 5 atom stereocenters. The molecule has 206 valence electrons. The van der Waals surface area contributed by atoms with Crippen LogP contribution in [0.4, 0.5) is 0 Å². The van der Waals surface area contributed by atoms with Gasteiger partial charge >= 0.3 is 11.9 Å². The van der Waals surface area contributed by atoms with Gasteiger partial charge in [-0.05, 0) is 38.1 Å². The molecule has 11 N–H and O–H groups in total. The van der Waals surface area contributed by atoms with Gasteiger partial charge < -0.3 is 43.4 Å². The van der Waals surface area contributed by atoms with Crippen molar-refractivity contribution in [3.05, 3.63) is 0 Å². The van der Waals surface area contributed by atoms with Gasteiger partial charge in [0.05, 0.1) is 6.04 Å². The van der Waals surface area contributed by atoms with E-state index in [0.717, 1.165) is 0 Å². The van der Waals surface area contributed by atoms with E-state index >= 15 is 0 Å². The number of carboxylic acid groups (broad SMARTS) is 2. The van der Waals surface area contributed by atoms with Gasteiger partial charge in [-0.3, -0.25) is 24.0 Å². The quantitative estimate of drug-likeness (QED) is 0.0889. The molecule has 0 rings (SSSR count). The summed E-state index contributed by atoms with van der Waals surface area (Å²) in [5.41, 5.74) is 16.4. The minimum atomic E-state index is -1.36. The summed E-state index contributed by atoms with van der Waals surface area (Å²) in [6.07, 6.45) is 0.680. The summed E-state index contributed by atoms with van der Waals surface area (Å²) in [4.78, 5) is 72.2. The summed E-state index contributed by atoms with van der Waals surface area (Å²) in [7, 11) is 0. The van der Waals surface area contributed by atoms with Crippen LogP contribution in [0.3, 0.4) is 0 Å². The molecule has 14 heteroatoms. The maximum absolute atomic E-state index is 13.0. The Kier molecular flexibility index (Phi) is 15.7. The fourth-order valence-electron chi connectivity index (χ4n) is 3.22. The molecular formula is C22H40N6O8. The molecule has 0 heterocycles. The second-order valence-electron chi connectivity index (χ2n) is 8.66. The zero-order valence-electron chi connectivity index (χ0n) is 20.8. The summed E-state index contributed by atoms with van der Waals surface area (Å²) in [5.74, 6) is -6.10. The van der Waals surface area contributed by atoms with Crippen molar-refractivity contribution in [3.63, 3.8) is 0 Å². The predicted molar refractivity (Wildman–Crippen MR) is 129 cm³/mol. The number of aliphatic carboxylic acids is 2. The van der Waals surface area contributed by atoms with Crippen LogP contribution in [0.1, 0.15) is 65.2 Å². The van der Waals surface area contributed by atoms with Crippen molar-refractivity contribution in [1.82, 2.24) is 16.0 Å². The smallest absolute Gasteiger partial charge is 0.326 e. The molecule has 0 aliphatic heterocycles. The van der Waals surface area contributed by atoms with Crippen LogP contribution in [0.2, 0.25) is 0 Å². The second kappa shape index (κ2) is 17.2. The standard InChI is InChI=1S/C22H40N6O8/c1-3-12(2)18(22(35)36)28-21(34)14(7-9-16(25)29)27-20(33)15(8-10-17(30)31)26-19(32)13(24)6-4-5-11-23/h12-15,18H,3-11,23-24H2,1-2H3,(H2,25,29)(H,26,32)(H,27,33)(H,28,34)(H,30,31)(H,35,36). The first kappa shape index (κ1) is 32.7. The van der Waals surface area contributed by atoms with Crippen LogP contribution >= 0.6 is 0 Å². The van der Waals surface area contributed by atoms with Crippen LogP contribution in [0.25, 0.3) is 0 Å². The molecule has 0 spiro atoms. The Balaban J connectivity index is 5.61. The molecule has 0 bridgehead atoms. The fourth-order valence-corrected chi connectivity index (χ4v) is 3.22. The van der Waals surface area contributed by atoms with Crippen molar-refractivity contribution < 1.29 is 39.0 Å². The average Bonchev–Trinajstić information content (AvgIpc) is 2.81. The lowest BCUT2D eigenvalue weighted by atomic mass is 9.98. The van der Waals surface area contributed by atoms with Gasteiger partial charge in [0.25, 0.3) is 0 Å². The zero-order chi connectivity index (χ0) is 27.8. The van der Waals surface area contributed by atoms with Crippen molar-refractivity contribution in [2.45, 2.75) is 89.4 Å². The minimum absolute atomic E-state index is 0.238. The molecule has 5 unspecified atom stereocenters. The monoisotopic (exact) mass is 516 g/mol. The summed E-state index contributed by atoms with van der Waals surface area (Å²) in [5, 5.41) is 25.6. The number of amides is 4. The van der Waals surface area contributed by atoms with E-state index in [4.69, 9.17) is 22.3 Å². The third kappa shape index (κ3) is 13.0. The van der Waals surface area contributed by atoms with Gasteiger partial charge in [-0.25, -0.2) is 4.79 Å². The molecule has 0 saturated heterocycles. The van der Waals surface area contributed by atoms with Crippen molar-refractivity contribution in [1.29, 1.82) is 0 Å². The van der Waals surface area contributed by atoms with E-state index in [-0.39, 0.29) is 19.3 Å². The Bertz CT molecular complexity index is 778. The number of rotatable bonds is 19. The van der Waals surface area contributed by atoms with E-state index in [1.165, 1.54) is 0 Å². The van der Waals surface area contributed by atoms with E-state index in [0.29, 0.717) is 32.2 Å². The maximum Gasteiger partial charge on any atom is 0.326 e. The molecule has 0 aliphatic carbocycles. The zero-order valence-corrected chi connectivity index (χ0v) is 20.8. The number of carbonyl (C=O) groups is 6. The van der Waals surface area contributed by atoms with Crippen LogP contribution in [0.5, 0.6) is 0 Å². The maximum atomic E-state index is 13.0. The topological polar surface area (TPSA) is 257 Å². The third-order valence-electron chi connectivity index (χ3n) is 5.68. The van der Waals surface area contributed by atoms with Gasteiger partial charge in [-0.1, -0.05) is 26.7 Å². The largest absolute Gasteiger partial charge is 0.481 e. The number of nitrogens with one attached hydrogen (secondary N) is 3. The molecule has 0 aromatic carbocycles. The molecule has 0 aliphatic rings. The van der Waals surface area contributed by atoms with Crippen molar-refractivity contribution in [2.75, 3.05) is 6.54 Å². The first-order chi connectivity index (χ1) is 16.8. The molecule has 0 aromatic rings. The number of hydrogen-bond acceptors (Lipinski definition) is 8. The highest BCUT2D eigenvalue weighted by Crippen LogP contribution is 2.10. The van der Waals surface area contributed by atoms with Crippen molar-refractivity contribution in [3.8, 4) is 0 Å². The van der Waals surface area contributed by atoms with Gasteiger partial charge in [0.2, 0.25) is 23.6 Å². The lowest BCUT2D eigenvalue weighted by Gasteiger charge is -2.26. The van der Waals surface area contributed by atoms with E-state index in [9.17, 15) is 33.9 Å². The summed E-state index contributed by atoms with van der Waals surface area (Å²) in [6.45, 7) is 3.80. The SMILES string of the molecule is CCC(C)C(NC(=O)C(CCC(N)=O)NC(=O)C(CCC(=O)O)NC(=O)C(N)CCCCN)C(=O)O. The van der Waals surface area contributed by atoms with Gasteiger partial charge in [0, 0.05) is 12.8 Å². The first-order valence-corrected chi connectivity index (χ1v) is 11.9. The number of unbranched alkanes of at least 4 members (excludes halogenated alkanes) is 1. The Morgan fingerprint density at radius 1 is 0.806 bits per heavy atom. The van der Waals surface area contributed by atoms with Crippen LogP contribution in [0.15, 0.2) is 0 Å². The second-order valence-corrected chi connectivity index (χ2v) is 8.66. The highest BCUT2D eigenvalue weighted by molar-refractivity contribution is 5.94. The highest BCUT2D eigenvalue weighted by Gasteiger charge is 2.32. The Hall–Kier alpha value is -3.26. The lowest BCUT2D eigenvalue weighted by molar-refractivity contribution is -0.144. The number of carboxylic acids is 2. The van der Waals surface area contributed by atoms with E-state index in [1.54, 1.807) is 13.8 Å². The van der Waals surface area contributed by atoms with Gasteiger partial charge in [-0.2, -0.15) is 0 Å². The Morgan fingerprint density at radius 3 is 1.81 bits per heavy atom. The van der Waals surface area contributed by atoms with Gasteiger partial charge in [0.1, 0.15) is 18.1 Å². The molecule has 0 fully saturated rings. The molecular weight excluding hydrogens is 476 g/mol. The third-order valence-corrected chi connectivity index (χ3v) is 5.68. The first-order valence-electron chi connectivity index (χ1n) is 11.9. The molecule has 14 nitrogen and oxygen atoms in total. The summed E-state index contributed by atoms with van der Waals surface area (Å²) < 4.78 is 0. The van der Waals surface area contributed by atoms with Crippen LogP contribution in [-0.2, 0) is 28.8 Å². The van der Waals surface area contributed by atoms with E-state index in [2.05, 4.69) is 16.0 Å². The molecule has 4 amide bonds. The van der Waals surface area contributed by atoms with Crippen LogP contribution < -0.4 is 33.2 Å². The Labute approximate surface area is 210 Å². The van der Waals surface area contributed by atoms with Crippen molar-refractivity contribution >= 4 is 35.6 Å². The molecule has 36 heavy (non-hydrogen) atoms. The van der Waals surface area contributed by atoms with Gasteiger partial charge in [-0.15, -0.1) is 0 Å². The molecule has 0 saturated carbocycles. The summed E-state index contributed by atoms with van der Waals surface area (Å²) >= 11 is 0. The Morgan fingerprint density at radius 2 is 1.33 bits per heavy atom. The number of primary amides is 1. The minimum Gasteiger partial charge on any atom is -0.481 e. The van der Waals surface area contributed by atoms with Crippen LogP contribution in [0, 0.1) is 5.92 Å². The molecule has 0 aromatic heterocycles. The van der Waals surface area contributed by atoms with Crippen molar-refractivity contribution in [2.24, 2.45) is 23.1 Å². The normalized spacial score (nSPS) is 15.0. The van der Waals surface area contributed by atoms with Crippen LogP contribution in [-0.4, -0.2) is 76.5 Å². The average molecular weight is 517 g/mol. The summed E-state index contributed by atoms with van der Waals surface area (Å²) in [6, 6.07) is -4.91. The number of nitrogens with two attached hydrogens (primary N) is 3. The van der Waals surface area contributed by atoms with E-state index in [1.807, 2.05) is 0 Å². The number of hydrogen-bond donors (Lipinski definition) is 8. The fraction of sp³-hybridized carbons (Fsp3) is 0.727. The highest BCUT2D eigenvalue weighted by atomic mass is 16.4. The van der Waals surface area contributed by atoms with E-state index < -0.39 is 72.1 Å². The predicted octanol–water partition coefficient (Wildman–Crippen LogP) is -1.84.